The number of fused-ring (bicyclic) bond motifs is 1. The molecule has 4 heteroatoms. The molecule has 3 nitrogen and oxygen atoms in total. The quantitative estimate of drug-likeness (QED) is 0.713. The number of pyridine rings is 1. The van der Waals surface area contributed by atoms with Crippen LogP contribution in [-0.4, -0.2) is 9.55 Å². The highest BCUT2D eigenvalue weighted by Crippen LogP contribution is 2.22. The van der Waals surface area contributed by atoms with Gasteiger partial charge in [0.1, 0.15) is 11.5 Å². The minimum Gasteiger partial charge on any atom is -0.331 e. The maximum atomic E-state index is 12.9. The van der Waals surface area contributed by atoms with Crippen LogP contribution < -0.4 is 0 Å². The zero-order chi connectivity index (χ0) is 11.0. The van der Waals surface area contributed by atoms with Crippen molar-refractivity contribution in [3.8, 4) is 6.07 Å². The van der Waals surface area contributed by atoms with E-state index in [1.807, 2.05) is 18.5 Å². The van der Waals surface area contributed by atoms with Gasteiger partial charge in [-0.1, -0.05) is 0 Å². The van der Waals surface area contributed by atoms with Gasteiger partial charge in [0, 0.05) is 18.1 Å². The topological polar surface area (TPSA) is 41.6 Å². The van der Waals surface area contributed by atoms with Gasteiger partial charge in [0.05, 0.1) is 18.2 Å². The van der Waals surface area contributed by atoms with Crippen molar-refractivity contribution in [1.29, 1.82) is 5.26 Å². The van der Waals surface area contributed by atoms with E-state index in [1.165, 1.54) is 12.3 Å². The number of nitriles is 1. The first-order valence-electron chi connectivity index (χ1n) is 4.64. The lowest BCUT2D eigenvalue weighted by Gasteiger charge is -2.03. The smallest absolute Gasteiger partial charge is 0.142 e. The summed E-state index contributed by atoms with van der Waals surface area (Å²) < 4.78 is 14.7. The molecule has 1 unspecified atom stereocenters. The SMILES string of the molecule is CC(C#N)c1cc2cc(F)cnc2n1C. The van der Waals surface area contributed by atoms with Crippen LogP contribution in [0.3, 0.4) is 0 Å². The molecule has 0 saturated carbocycles. The minimum atomic E-state index is -0.357. The molecule has 2 aromatic rings. The number of hydrogen-bond donors (Lipinski definition) is 0. The zero-order valence-corrected chi connectivity index (χ0v) is 8.53. The number of nitrogens with zero attached hydrogens (tertiary/aromatic N) is 3. The second-order valence-corrected chi connectivity index (χ2v) is 3.55. The number of hydrogen-bond acceptors (Lipinski definition) is 2. The van der Waals surface area contributed by atoms with E-state index in [0.29, 0.717) is 5.65 Å². The summed E-state index contributed by atoms with van der Waals surface area (Å²) in [5, 5.41) is 9.57. The van der Waals surface area contributed by atoms with Gasteiger partial charge in [0.25, 0.3) is 0 Å². The fourth-order valence-electron chi connectivity index (χ4n) is 1.69. The highest BCUT2D eigenvalue weighted by atomic mass is 19.1. The number of rotatable bonds is 1. The van der Waals surface area contributed by atoms with Crippen molar-refractivity contribution in [3.05, 3.63) is 29.8 Å². The Morgan fingerprint density at radius 1 is 1.53 bits per heavy atom. The van der Waals surface area contributed by atoms with Gasteiger partial charge in [-0.3, -0.25) is 0 Å². The summed E-state index contributed by atoms with van der Waals surface area (Å²) in [6.45, 7) is 1.81. The predicted octanol–water partition coefficient (Wildman–Crippen LogP) is 2.34. The van der Waals surface area contributed by atoms with Crippen LogP contribution in [0.4, 0.5) is 4.39 Å². The molecule has 76 valence electrons. The Hall–Kier alpha value is -1.89. The first kappa shape index (κ1) is 9.66. The standard InChI is InChI=1S/C11H10FN3/c1-7(5-13)10-4-8-3-9(12)6-14-11(8)15(10)2/h3-4,6-7H,1-2H3. The molecule has 0 bridgehead atoms. The van der Waals surface area contributed by atoms with Crippen LogP contribution in [0.1, 0.15) is 18.5 Å². The largest absolute Gasteiger partial charge is 0.331 e. The van der Waals surface area contributed by atoms with Crippen molar-refractivity contribution >= 4 is 11.0 Å². The molecule has 0 saturated heterocycles. The van der Waals surface area contributed by atoms with Crippen LogP contribution in [0.5, 0.6) is 0 Å². The summed E-state index contributed by atoms with van der Waals surface area (Å²) in [7, 11) is 1.83. The van der Waals surface area contributed by atoms with E-state index in [1.54, 1.807) is 6.07 Å². The molecular weight excluding hydrogens is 193 g/mol. The number of aryl methyl sites for hydroxylation is 1. The molecule has 2 rings (SSSR count). The summed E-state index contributed by atoms with van der Waals surface area (Å²) in [6, 6.07) is 5.39. The summed E-state index contributed by atoms with van der Waals surface area (Å²) in [5.41, 5.74) is 1.55. The molecular formula is C11H10FN3. The van der Waals surface area contributed by atoms with Gasteiger partial charge in [0.2, 0.25) is 0 Å². The van der Waals surface area contributed by atoms with Crippen LogP contribution in [-0.2, 0) is 7.05 Å². The molecule has 0 spiro atoms. The minimum absolute atomic E-state index is 0.215. The Kier molecular flexibility index (Phi) is 2.16. The van der Waals surface area contributed by atoms with E-state index in [2.05, 4.69) is 11.1 Å². The van der Waals surface area contributed by atoms with E-state index in [-0.39, 0.29) is 11.7 Å². The van der Waals surface area contributed by atoms with Crippen LogP contribution in [0.15, 0.2) is 18.3 Å². The molecule has 0 fully saturated rings. The Morgan fingerprint density at radius 3 is 2.93 bits per heavy atom. The average molecular weight is 203 g/mol. The van der Waals surface area contributed by atoms with Crippen molar-refractivity contribution < 1.29 is 4.39 Å². The predicted molar refractivity (Wildman–Crippen MR) is 54.7 cm³/mol. The third-order valence-corrected chi connectivity index (χ3v) is 2.51. The fraction of sp³-hybridized carbons (Fsp3) is 0.273. The highest BCUT2D eigenvalue weighted by molar-refractivity contribution is 5.77. The van der Waals surface area contributed by atoms with Gasteiger partial charge in [0.15, 0.2) is 0 Å². The highest BCUT2D eigenvalue weighted by Gasteiger charge is 2.12. The van der Waals surface area contributed by atoms with E-state index in [0.717, 1.165) is 11.1 Å². The Bertz CT molecular complexity index is 551. The molecule has 0 radical (unpaired) electrons. The maximum Gasteiger partial charge on any atom is 0.142 e. The van der Waals surface area contributed by atoms with E-state index >= 15 is 0 Å². The molecule has 2 heterocycles. The van der Waals surface area contributed by atoms with E-state index in [4.69, 9.17) is 5.26 Å². The van der Waals surface area contributed by atoms with Crippen molar-refractivity contribution in [3.63, 3.8) is 0 Å². The van der Waals surface area contributed by atoms with Gasteiger partial charge in [-0.05, 0) is 19.1 Å². The second-order valence-electron chi connectivity index (χ2n) is 3.55. The Balaban J connectivity index is 2.70. The van der Waals surface area contributed by atoms with Gasteiger partial charge >= 0.3 is 0 Å². The van der Waals surface area contributed by atoms with Crippen molar-refractivity contribution in [2.45, 2.75) is 12.8 Å². The number of halogens is 1. The monoisotopic (exact) mass is 203 g/mol. The first-order valence-corrected chi connectivity index (χ1v) is 4.64. The van der Waals surface area contributed by atoms with Crippen LogP contribution in [0.25, 0.3) is 11.0 Å². The lowest BCUT2D eigenvalue weighted by Crippen LogP contribution is -1.99. The first-order chi connectivity index (χ1) is 7.13. The summed E-state index contributed by atoms with van der Waals surface area (Å²) in [4.78, 5) is 4.00. The van der Waals surface area contributed by atoms with Gasteiger partial charge in [-0.15, -0.1) is 0 Å². The van der Waals surface area contributed by atoms with Crippen LogP contribution in [0, 0.1) is 17.1 Å². The lowest BCUT2D eigenvalue weighted by molar-refractivity contribution is 0.623. The molecule has 0 aliphatic carbocycles. The van der Waals surface area contributed by atoms with Crippen molar-refractivity contribution in [1.82, 2.24) is 9.55 Å². The maximum absolute atomic E-state index is 12.9. The van der Waals surface area contributed by atoms with Crippen LogP contribution in [0.2, 0.25) is 0 Å². The molecule has 0 aromatic carbocycles. The fourth-order valence-corrected chi connectivity index (χ4v) is 1.69. The number of aromatic nitrogens is 2. The van der Waals surface area contributed by atoms with Gasteiger partial charge < -0.3 is 4.57 Å². The Morgan fingerprint density at radius 2 is 2.27 bits per heavy atom. The molecule has 0 N–H and O–H groups in total. The molecule has 1 atom stereocenters. The third-order valence-electron chi connectivity index (χ3n) is 2.51. The Labute approximate surface area is 86.8 Å². The van der Waals surface area contributed by atoms with E-state index in [9.17, 15) is 4.39 Å². The van der Waals surface area contributed by atoms with Crippen LogP contribution >= 0.6 is 0 Å². The van der Waals surface area contributed by atoms with Crippen molar-refractivity contribution in [2.24, 2.45) is 7.05 Å². The summed E-state index contributed by atoms with van der Waals surface area (Å²) in [5.74, 6) is -0.573. The molecule has 0 aliphatic heterocycles. The molecule has 0 amide bonds. The second kappa shape index (κ2) is 3.35. The normalized spacial score (nSPS) is 12.7. The van der Waals surface area contributed by atoms with Crippen molar-refractivity contribution in [2.75, 3.05) is 0 Å². The third kappa shape index (κ3) is 1.46. The molecule has 15 heavy (non-hydrogen) atoms. The van der Waals surface area contributed by atoms with E-state index < -0.39 is 0 Å². The summed E-state index contributed by atoms with van der Waals surface area (Å²) >= 11 is 0. The average Bonchev–Trinajstić information content (AvgIpc) is 2.54. The van der Waals surface area contributed by atoms with Gasteiger partial charge in [-0.2, -0.15) is 5.26 Å². The molecule has 2 aromatic heterocycles. The lowest BCUT2D eigenvalue weighted by atomic mass is 10.1. The molecule has 0 aliphatic rings. The van der Waals surface area contributed by atoms with Gasteiger partial charge in [-0.25, -0.2) is 9.37 Å². The zero-order valence-electron chi connectivity index (χ0n) is 8.53. The summed E-state index contributed by atoms with van der Waals surface area (Å²) in [6.07, 6.45) is 1.18.